The normalized spacial score (nSPS) is 10.9. The maximum atomic E-state index is 12.8. The van der Waals surface area contributed by atoms with Gasteiger partial charge in [0.15, 0.2) is 5.78 Å². The molecular formula is C22H16O2. The summed E-state index contributed by atoms with van der Waals surface area (Å²) < 4.78 is 5.15. The molecule has 0 spiro atoms. The average Bonchev–Trinajstić information content (AvgIpc) is 2.67. The highest BCUT2D eigenvalue weighted by Gasteiger charge is 2.11. The Morgan fingerprint density at radius 3 is 2.08 bits per heavy atom. The van der Waals surface area contributed by atoms with Gasteiger partial charge in [0.1, 0.15) is 5.75 Å². The average molecular weight is 312 g/mol. The predicted octanol–water partition coefficient (Wildman–Crippen LogP) is 5.23. The molecule has 0 amide bonds. The second-order valence-corrected chi connectivity index (χ2v) is 5.78. The van der Waals surface area contributed by atoms with E-state index in [0.717, 1.165) is 16.5 Å². The fraction of sp³-hybridized carbons (Fsp3) is 0.0455. The van der Waals surface area contributed by atoms with Crippen molar-refractivity contribution in [3.63, 3.8) is 0 Å². The molecule has 0 aliphatic heterocycles. The van der Waals surface area contributed by atoms with Gasteiger partial charge in [-0.3, -0.25) is 4.79 Å². The van der Waals surface area contributed by atoms with Crippen LogP contribution in [0.4, 0.5) is 0 Å². The van der Waals surface area contributed by atoms with Crippen molar-refractivity contribution in [2.75, 3.05) is 7.11 Å². The zero-order valence-electron chi connectivity index (χ0n) is 13.3. The highest BCUT2D eigenvalue weighted by Crippen LogP contribution is 2.27. The van der Waals surface area contributed by atoms with Crippen molar-refractivity contribution in [2.45, 2.75) is 0 Å². The molecule has 24 heavy (non-hydrogen) atoms. The smallest absolute Gasteiger partial charge is 0.193 e. The van der Waals surface area contributed by atoms with Crippen LogP contribution in [0.1, 0.15) is 15.9 Å². The van der Waals surface area contributed by atoms with Crippen molar-refractivity contribution in [3.8, 4) is 5.75 Å². The SMILES string of the molecule is COc1ccc(C(=O)c2ccc3ccc4ccccc4c3c2)cc1. The van der Waals surface area contributed by atoms with E-state index in [0.29, 0.717) is 11.1 Å². The molecule has 0 aromatic heterocycles. The van der Waals surface area contributed by atoms with Crippen molar-refractivity contribution >= 4 is 27.3 Å². The van der Waals surface area contributed by atoms with Crippen molar-refractivity contribution in [1.82, 2.24) is 0 Å². The van der Waals surface area contributed by atoms with E-state index < -0.39 is 0 Å². The van der Waals surface area contributed by atoms with Gasteiger partial charge in [0.2, 0.25) is 0 Å². The Hall–Kier alpha value is -3.13. The van der Waals surface area contributed by atoms with Crippen LogP contribution in [0.15, 0.2) is 78.9 Å². The van der Waals surface area contributed by atoms with Crippen LogP contribution in [0.2, 0.25) is 0 Å². The third-order valence-corrected chi connectivity index (χ3v) is 4.36. The number of carbonyl (C=O) groups excluding carboxylic acids is 1. The molecule has 0 saturated carbocycles. The monoisotopic (exact) mass is 312 g/mol. The van der Waals surface area contributed by atoms with Gasteiger partial charge >= 0.3 is 0 Å². The Labute approximate surface area is 140 Å². The largest absolute Gasteiger partial charge is 0.497 e. The molecule has 0 fully saturated rings. The topological polar surface area (TPSA) is 26.3 Å². The Morgan fingerprint density at radius 2 is 1.33 bits per heavy atom. The van der Waals surface area contributed by atoms with Crippen LogP contribution in [0, 0.1) is 0 Å². The Bertz CT molecular complexity index is 1050. The van der Waals surface area contributed by atoms with Gasteiger partial charge in [-0.15, -0.1) is 0 Å². The third-order valence-electron chi connectivity index (χ3n) is 4.36. The van der Waals surface area contributed by atoms with Gasteiger partial charge in [-0.1, -0.05) is 48.5 Å². The van der Waals surface area contributed by atoms with Crippen LogP contribution in [0.25, 0.3) is 21.5 Å². The molecule has 0 heterocycles. The molecule has 0 aliphatic rings. The van der Waals surface area contributed by atoms with Crippen molar-refractivity contribution in [3.05, 3.63) is 90.0 Å². The molecule has 116 valence electrons. The van der Waals surface area contributed by atoms with Crippen LogP contribution < -0.4 is 4.74 Å². The van der Waals surface area contributed by atoms with Gasteiger partial charge in [-0.05, 0) is 51.9 Å². The summed E-state index contributed by atoms with van der Waals surface area (Å²) in [7, 11) is 1.62. The van der Waals surface area contributed by atoms with E-state index in [1.807, 2.05) is 42.5 Å². The molecule has 4 rings (SSSR count). The maximum absolute atomic E-state index is 12.8. The highest BCUT2D eigenvalue weighted by atomic mass is 16.5. The highest BCUT2D eigenvalue weighted by molar-refractivity contribution is 6.14. The molecule has 0 unspecified atom stereocenters. The van der Waals surface area contributed by atoms with E-state index in [1.54, 1.807) is 19.2 Å². The fourth-order valence-corrected chi connectivity index (χ4v) is 3.05. The number of ketones is 1. The standard InChI is InChI=1S/C22H16O2/c1-24-19-12-10-17(11-13-19)22(23)18-9-8-16-7-6-15-4-2-3-5-20(15)21(16)14-18/h2-14H,1H3. The van der Waals surface area contributed by atoms with E-state index in [1.165, 1.54) is 10.8 Å². The van der Waals surface area contributed by atoms with Crippen molar-refractivity contribution in [1.29, 1.82) is 0 Å². The summed E-state index contributed by atoms with van der Waals surface area (Å²) in [4.78, 5) is 12.8. The molecule has 0 saturated heterocycles. The van der Waals surface area contributed by atoms with Gasteiger partial charge in [-0.2, -0.15) is 0 Å². The first-order chi connectivity index (χ1) is 11.8. The Kier molecular flexibility index (Phi) is 3.51. The molecule has 0 bridgehead atoms. The first kappa shape index (κ1) is 14.5. The molecule has 0 N–H and O–H groups in total. The number of methoxy groups -OCH3 is 1. The number of fused-ring (bicyclic) bond motifs is 3. The Balaban J connectivity index is 1.84. The van der Waals surface area contributed by atoms with Gasteiger partial charge in [0.05, 0.1) is 7.11 Å². The zero-order chi connectivity index (χ0) is 16.5. The van der Waals surface area contributed by atoms with Gasteiger partial charge in [0.25, 0.3) is 0 Å². The first-order valence-electron chi connectivity index (χ1n) is 7.86. The number of carbonyl (C=O) groups is 1. The third kappa shape index (κ3) is 2.42. The lowest BCUT2D eigenvalue weighted by Gasteiger charge is -2.07. The summed E-state index contributed by atoms with van der Waals surface area (Å²) in [5.74, 6) is 0.767. The minimum absolute atomic E-state index is 0.0208. The number of hydrogen-bond donors (Lipinski definition) is 0. The summed E-state index contributed by atoms with van der Waals surface area (Å²) in [6.45, 7) is 0. The summed E-state index contributed by atoms with van der Waals surface area (Å²) >= 11 is 0. The molecule has 2 nitrogen and oxygen atoms in total. The van der Waals surface area contributed by atoms with Crippen molar-refractivity contribution in [2.24, 2.45) is 0 Å². The van der Waals surface area contributed by atoms with Crippen LogP contribution in [0.5, 0.6) is 5.75 Å². The van der Waals surface area contributed by atoms with Crippen LogP contribution in [-0.2, 0) is 0 Å². The maximum Gasteiger partial charge on any atom is 0.193 e. The molecule has 0 atom stereocenters. The zero-order valence-corrected chi connectivity index (χ0v) is 13.3. The molecule has 4 aromatic carbocycles. The van der Waals surface area contributed by atoms with E-state index in [2.05, 4.69) is 24.3 Å². The van der Waals surface area contributed by atoms with Gasteiger partial charge in [-0.25, -0.2) is 0 Å². The van der Waals surface area contributed by atoms with Crippen LogP contribution in [-0.4, -0.2) is 12.9 Å². The van der Waals surface area contributed by atoms with Gasteiger partial charge < -0.3 is 4.74 Å². The van der Waals surface area contributed by atoms with Crippen LogP contribution >= 0.6 is 0 Å². The molecular weight excluding hydrogens is 296 g/mol. The van der Waals surface area contributed by atoms with Gasteiger partial charge in [0, 0.05) is 11.1 Å². The number of benzene rings is 4. The van der Waals surface area contributed by atoms with E-state index in [9.17, 15) is 4.79 Å². The summed E-state index contributed by atoms with van der Waals surface area (Å²) in [5, 5.41) is 4.59. The number of hydrogen-bond acceptors (Lipinski definition) is 2. The summed E-state index contributed by atoms with van der Waals surface area (Å²) in [6.07, 6.45) is 0. The fourth-order valence-electron chi connectivity index (χ4n) is 3.05. The van der Waals surface area contributed by atoms with E-state index >= 15 is 0 Å². The molecule has 0 radical (unpaired) electrons. The first-order valence-corrected chi connectivity index (χ1v) is 7.86. The second-order valence-electron chi connectivity index (χ2n) is 5.78. The minimum Gasteiger partial charge on any atom is -0.497 e. The molecule has 2 heteroatoms. The number of rotatable bonds is 3. The summed E-state index contributed by atoms with van der Waals surface area (Å²) in [6, 6.07) is 25.6. The lowest BCUT2D eigenvalue weighted by atomic mass is 9.96. The van der Waals surface area contributed by atoms with Crippen LogP contribution in [0.3, 0.4) is 0 Å². The van der Waals surface area contributed by atoms with Crippen molar-refractivity contribution < 1.29 is 9.53 Å². The summed E-state index contributed by atoms with van der Waals surface area (Å²) in [5.41, 5.74) is 1.36. The Morgan fingerprint density at radius 1 is 0.708 bits per heavy atom. The molecule has 4 aromatic rings. The molecule has 0 aliphatic carbocycles. The lowest BCUT2D eigenvalue weighted by molar-refractivity contribution is 0.103. The van der Waals surface area contributed by atoms with E-state index in [-0.39, 0.29) is 5.78 Å². The number of ether oxygens (including phenoxy) is 1. The quantitative estimate of drug-likeness (QED) is 0.382. The van der Waals surface area contributed by atoms with E-state index in [4.69, 9.17) is 4.74 Å². The lowest BCUT2D eigenvalue weighted by Crippen LogP contribution is -2.01. The predicted molar refractivity (Wildman–Crippen MR) is 97.9 cm³/mol. The second kappa shape index (κ2) is 5.82. The minimum atomic E-state index is 0.0208.